The van der Waals surface area contributed by atoms with Crippen molar-refractivity contribution >= 4 is 15.9 Å². The van der Waals surface area contributed by atoms with Gasteiger partial charge in [-0.15, -0.1) is 0 Å². The molecule has 0 aliphatic carbocycles. The van der Waals surface area contributed by atoms with E-state index in [1.54, 1.807) is 24.5 Å². The molecule has 1 aliphatic rings. The third-order valence-electron chi connectivity index (χ3n) is 4.75. The van der Waals surface area contributed by atoms with Crippen molar-refractivity contribution in [2.24, 2.45) is 0 Å². The summed E-state index contributed by atoms with van der Waals surface area (Å²) < 4.78 is 46.2. The van der Waals surface area contributed by atoms with Gasteiger partial charge in [-0.25, -0.2) is 17.5 Å². The van der Waals surface area contributed by atoms with E-state index in [4.69, 9.17) is 4.74 Å². The third-order valence-corrected chi connectivity index (χ3v) is 6.23. The zero-order valence-electron chi connectivity index (χ0n) is 16.6. The summed E-state index contributed by atoms with van der Waals surface area (Å²) >= 11 is 0. The van der Waals surface area contributed by atoms with E-state index in [1.165, 1.54) is 0 Å². The molecule has 166 valence electrons. The van der Waals surface area contributed by atoms with Crippen molar-refractivity contribution in [3.63, 3.8) is 0 Å². The van der Waals surface area contributed by atoms with Gasteiger partial charge in [0.1, 0.15) is 11.9 Å². The summed E-state index contributed by atoms with van der Waals surface area (Å²) in [6.07, 6.45) is 5.77. The lowest BCUT2D eigenvalue weighted by atomic mass is 10.1. The molecule has 1 aromatic carbocycles. The summed E-state index contributed by atoms with van der Waals surface area (Å²) in [5.41, 5.74) is 1.06. The number of benzene rings is 1. The summed E-state index contributed by atoms with van der Waals surface area (Å²) in [4.78, 5) is 16.0. The zero-order valence-corrected chi connectivity index (χ0v) is 17.5. The molecule has 3 N–H and O–H groups in total. The van der Waals surface area contributed by atoms with Gasteiger partial charge in [-0.3, -0.25) is 9.78 Å². The predicted octanol–water partition coefficient (Wildman–Crippen LogP) is 0.932. The molecule has 0 bridgehead atoms. The summed E-state index contributed by atoms with van der Waals surface area (Å²) in [5, 5.41) is 12.4. The molecule has 1 aromatic heterocycles. The molecule has 2 heterocycles. The van der Waals surface area contributed by atoms with Crippen molar-refractivity contribution < 1.29 is 27.4 Å². The maximum atomic E-state index is 13.0. The van der Waals surface area contributed by atoms with Crippen LogP contribution < -0.4 is 10.0 Å². The predicted molar refractivity (Wildman–Crippen MR) is 111 cm³/mol. The van der Waals surface area contributed by atoms with Gasteiger partial charge in [-0.2, -0.15) is 0 Å². The summed E-state index contributed by atoms with van der Waals surface area (Å²) in [6, 6.07) is 7.32. The Hall–Kier alpha value is -2.66. The maximum absolute atomic E-state index is 13.0. The fourth-order valence-electron chi connectivity index (χ4n) is 3.12. The Morgan fingerprint density at radius 3 is 2.52 bits per heavy atom. The second-order valence-corrected chi connectivity index (χ2v) is 8.75. The first-order chi connectivity index (χ1) is 14.9. The maximum Gasteiger partial charge on any atom is 0.241 e. The van der Waals surface area contributed by atoms with E-state index in [1.807, 2.05) is 12.1 Å². The molecule has 3 rings (SSSR count). The van der Waals surface area contributed by atoms with E-state index < -0.39 is 40.7 Å². The summed E-state index contributed by atoms with van der Waals surface area (Å²) in [7, 11) is -3.94. The van der Waals surface area contributed by atoms with Crippen molar-refractivity contribution in [3.05, 3.63) is 72.3 Å². The molecule has 0 spiro atoms. The molecule has 8 nitrogen and oxygen atoms in total. The number of hydrogen-bond acceptors (Lipinski definition) is 6. The topological polar surface area (TPSA) is 118 Å². The number of nitrogens with zero attached hydrogens (tertiary/aromatic N) is 1. The number of nitrogens with one attached hydrogen (secondary N) is 2. The molecule has 31 heavy (non-hydrogen) atoms. The number of hydrogen-bond donors (Lipinski definition) is 3. The van der Waals surface area contributed by atoms with Crippen LogP contribution in [-0.4, -0.2) is 55.8 Å². The lowest BCUT2D eigenvalue weighted by Crippen LogP contribution is -2.49. The number of sulfonamides is 1. The average Bonchev–Trinajstić information content (AvgIpc) is 2.75. The van der Waals surface area contributed by atoms with Crippen LogP contribution in [0.5, 0.6) is 0 Å². The van der Waals surface area contributed by atoms with Crippen molar-refractivity contribution in [3.8, 4) is 0 Å². The number of carbonyl (C=O) groups excluding carboxylic acids is 1. The van der Waals surface area contributed by atoms with Crippen LogP contribution in [-0.2, 0) is 26.0 Å². The fourth-order valence-corrected chi connectivity index (χ4v) is 4.34. The molecule has 0 radical (unpaired) electrons. The molecule has 0 saturated carbocycles. The van der Waals surface area contributed by atoms with Crippen molar-refractivity contribution in [2.75, 3.05) is 13.2 Å². The first-order valence-electron chi connectivity index (χ1n) is 9.75. The Morgan fingerprint density at radius 2 is 1.84 bits per heavy atom. The highest BCUT2D eigenvalue weighted by Crippen LogP contribution is 2.18. The van der Waals surface area contributed by atoms with E-state index in [0.717, 1.165) is 29.8 Å². The van der Waals surface area contributed by atoms with Crippen LogP contribution in [0.2, 0.25) is 0 Å². The van der Waals surface area contributed by atoms with Gasteiger partial charge in [0.2, 0.25) is 15.9 Å². The molecule has 3 atom stereocenters. The van der Waals surface area contributed by atoms with Gasteiger partial charge < -0.3 is 15.2 Å². The first kappa shape index (κ1) is 23.0. The Bertz CT molecular complexity index is 999. The second-order valence-electron chi connectivity index (χ2n) is 7.04. The quantitative estimate of drug-likeness (QED) is 0.491. The van der Waals surface area contributed by atoms with Gasteiger partial charge in [0.05, 0.1) is 30.1 Å². The number of aliphatic hydroxyl groups excluding tert-OH is 1. The number of amides is 1. The van der Waals surface area contributed by atoms with Crippen LogP contribution in [0.3, 0.4) is 0 Å². The van der Waals surface area contributed by atoms with Gasteiger partial charge in [0.15, 0.2) is 0 Å². The number of pyridine rings is 1. The summed E-state index contributed by atoms with van der Waals surface area (Å²) in [6.45, 7) is 0.0178. The molecule has 0 unspecified atom stereocenters. The SMILES string of the molecule is O=C(C[C@H]1C=C[C@H](NS(=O)(=O)c2ccc(F)cc2)[C@@H](CO)O1)NCCc1ccncc1. The lowest BCUT2D eigenvalue weighted by molar-refractivity contribution is -0.125. The third kappa shape index (κ3) is 6.66. The van der Waals surface area contributed by atoms with E-state index in [0.29, 0.717) is 13.0 Å². The number of aromatic nitrogens is 1. The lowest BCUT2D eigenvalue weighted by Gasteiger charge is -2.31. The minimum atomic E-state index is -3.94. The van der Waals surface area contributed by atoms with Gasteiger partial charge in [-0.1, -0.05) is 12.2 Å². The minimum absolute atomic E-state index is 0.0424. The Labute approximate surface area is 180 Å². The van der Waals surface area contributed by atoms with Crippen LogP contribution in [0, 0.1) is 5.82 Å². The molecule has 2 aromatic rings. The zero-order chi connectivity index (χ0) is 22.3. The van der Waals surface area contributed by atoms with Gasteiger partial charge in [0, 0.05) is 18.9 Å². The van der Waals surface area contributed by atoms with E-state index in [9.17, 15) is 22.7 Å². The fraction of sp³-hybridized carbons (Fsp3) is 0.333. The molecule has 0 fully saturated rings. The van der Waals surface area contributed by atoms with Crippen molar-refractivity contribution in [1.29, 1.82) is 0 Å². The number of halogens is 1. The van der Waals surface area contributed by atoms with Crippen molar-refractivity contribution in [1.82, 2.24) is 15.0 Å². The molecule has 0 saturated heterocycles. The highest BCUT2D eigenvalue weighted by Gasteiger charge is 2.31. The van der Waals surface area contributed by atoms with Crippen molar-refractivity contribution in [2.45, 2.75) is 36.0 Å². The monoisotopic (exact) mass is 449 g/mol. The number of aliphatic hydroxyl groups is 1. The van der Waals surface area contributed by atoms with Gasteiger partial charge in [-0.05, 0) is 48.4 Å². The highest BCUT2D eigenvalue weighted by molar-refractivity contribution is 7.89. The molecule has 1 aliphatic heterocycles. The Morgan fingerprint density at radius 1 is 1.13 bits per heavy atom. The summed E-state index contributed by atoms with van der Waals surface area (Å²) in [5.74, 6) is -0.763. The highest BCUT2D eigenvalue weighted by atomic mass is 32.2. The normalized spacial score (nSPS) is 21.0. The van der Waals surface area contributed by atoms with Crippen LogP contribution in [0.1, 0.15) is 12.0 Å². The molecular formula is C21H24FN3O5S. The van der Waals surface area contributed by atoms with Gasteiger partial charge >= 0.3 is 0 Å². The number of carbonyl (C=O) groups is 1. The van der Waals surface area contributed by atoms with E-state index in [-0.39, 0.29) is 17.2 Å². The Balaban J connectivity index is 1.53. The smallest absolute Gasteiger partial charge is 0.241 e. The minimum Gasteiger partial charge on any atom is -0.394 e. The van der Waals surface area contributed by atoms with Crippen LogP contribution in [0.4, 0.5) is 4.39 Å². The first-order valence-corrected chi connectivity index (χ1v) is 11.2. The Kier molecular flexibility index (Phi) is 7.85. The van der Waals surface area contributed by atoms with Crippen LogP contribution >= 0.6 is 0 Å². The molecule has 1 amide bonds. The molecule has 10 heteroatoms. The molecular weight excluding hydrogens is 425 g/mol. The standard InChI is InChI=1S/C21H24FN3O5S/c22-16-1-4-18(5-2-16)31(28,29)25-19-6-3-17(30-20(19)14-26)13-21(27)24-12-9-15-7-10-23-11-8-15/h1-8,10-11,17,19-20,25-26H,9,12-14H2,(H,24,27)/t17-,19+,20-/m1/s1. The largest absolute Gasteiger partial charge is 0.394 e. The van der Waals surface area contributed by atoms with E-state index in [2.05, 4.69) is 15.0 Å². The number of ether oxygens (including phenoxy) is 1. The van der Waals surface area contributed by atoms with E-state index >= 15 is 0 Å². The average molecular weight is 450 g/mol. The van der Waals surface area contributed by atoms with Crippen LogP contribution in [0.25, 0.3) is 0 Å². The van der Waals surface area contributed by atoms with Gasteiger partial charge in [0.25, 0.3) is 0 Å². The number of rotatable bonds is 9. The second kappa shape index (κ2) is 10.6. The van der Waals surface area contributed by atoms with Crippen LogP contribution in [0.15, 0.2) is 65.8 Å².